The standard InChI is InChI=1S/C15H13FN4/c1-10-12(16)3-2-4-13(10)20-9-18-8-14(20)11-5-6-15(17)19-7-11/h2-9H,1H3,(H2,17,19). The van der Waals surface area contributed by atoms with Crippen LogP contribution in [0.2, 0.25) is 0 Å². The van der Waals surface area contributed by atoms with Gasteiger partial charge in [-0.1, -0.05) is 6.07 Å². The molecule has 3 rings (SSSR count). The summed E-state index contributed by atoms with van der Waals surface area (Å²) in [6.07, 6.45) is 5.06. The van der Waals surface area contributed by atoms with E-state index in [2.05, 4.69) is 9.97 Å². The molecule has 0 saturated carbocycles. The zero-order valence-corrected chi connectivity index (χ0v) is 10.9. The molecule has 0 unspecified atom stereocenters. The zero-order valence-electron chi connectivity index (χ0n) is 10.9. The van der Waals surface area contributed by atoms with Crippen molar-refractivity contribution in [3.8, 4) is 16.9 Å². The van der Waals surface area contributed by atoms with Gasteiger partial charge in [0, 0.05) is 17.3 Å². The molecule has 0 spiro atoms. The fourth-order valence-electron chi connectivity index (χ4n) is 2.11. The number of nitrogen functional groups attached to an aromatic ring is 1. The summed E-state index contributed by atoms with van der Waals surface area (Å²) >= 11 is 0. The molecule has 0 radical (unpaired) electrons. The minimum atomic E-state index is -0.238. The molecule has 0 atom stereocenters. The van der Waals surface area contributed by atoms with E-state index in [0.29, 0.717) is 11.4 Å². The van der Waals surface area contributed by atoms with E-state index in [0.717, 1.165) is 16.9 Å². The van der Waals surface area contributed by atoms with Crippen LogP contribution in [-0.4, -0.2) is 14.5 Å². The van der Waals surface area contributed by atoms with E-state index >= 15 is 0 Å². The molecule has 0 bridgehead atoms. The van der Waals surface area contributed by atoms with Gasteiger partial charge in [0.2, 0.25) is 0 Å². The lowest BCUT2D eigenvalue weighted by Gasteiger charge is -2.11. The van der Waals surface area contributed by atoms with Crippen molar-refractivity contribution in [3.05, 3.63) is 60.4 Å². The van der Waals surface area contributed by atoms with E-state index < -0.39 is 0 Å². The van der Waals surface area contributed by atoms with Gasteiger partial charge in [-0.25, -0.2) is 14.4 Å². The summed E-state index contributed by atoms with van der Waals surface area (Å²) in [5.74, 6) is 0.222. The number of nitrogens with two attached hydrogens (primary N) is 1. The average Bonchev–Trinajstić information content (AvgIpc) is 2.92. The van der Waals surface area contributed by atoms with Gasteiger partial charge in [0.1, 0.15) is 11.6 Å². The molecule has 1 aromatic carbocycles. The lowest BCUT2D eigenvalue weighted by molar-refractivity contribution is 0.617. The number of aromatic nitrogens is 3. The highest BCUT2D eigenvalue weighted by atomic mass is 19.1. The van der Waals surface area contributed by atoms with Crippen molar-refractivity contribution < 1.29 is 4.39 Å². The Morgan fingerprint density at radius 2 is 2.00 bits per heavy atom. The van der Waals surface area contributed by atoms with Gasteiger partial charge in [0.25, 0.3) is 0 Å². The highest BCUT2D eigenvalue weighted by Crippen LogP contribution is 2.25. The van der Waals surface area contributed by atoms with Crippen molar-refractivity contribution in [1.82, 2.24) is 14.5 Å². The average molecular weight is 268 g/mol. The second kappa shape index (κ2) is 4.77. The predicted molar refractivity (Wildman–Crippen MR) is 75.9 cm³/mol. The number of hydrogen-bond acceptors (Lipinski definition) is 3. The van der Waals surface area contributed by atoms with E-state index in [9.17, 15) is 4.39 Å². The molecule has 3 aromatic rings. The zero-order chi connectivity index (χ0) is 14.1. The van der Waals surface area contributed by atoms with Crippen molar-refractivity contribution in [2.24, 2.45) is 0 Å². The number of anilines is 1. The molecule has 2 N–H and O–H groups in total. The minimum absolute atomic E-state index is 0.238. The molecule has 4 nitrogen and oxygen atoms in total. The van der Waals surface area contributed by atoms with Crippen LogP contribution in [0.15, 0.2) is 49.1 Å². The summed E-state index contributed by atoms with van der Waals surface area (Å²) in [5, 5.41) is 0. The van der Waals surface area contributed by atoms with Crippen LogP contribution in [0.3, 0.4) is 0 Å². The van der Waals surface area contributed by atoms with Crippen LogP contribution in [0.4, 0.5) is 10.2 Å². The van der Waals surface area contributed by atoms with Gasteiger partial charge in [-0.2, -0.15) is 0 Å². The van der Waals surface area contributed by atoms with Crippen LogP contribution >= 0.6 is 0 Å². The van der Waals surface area contributed by atoms with Crippen LogP contribution < -0.4 is 5.73 Å². The van der Waals surface area contributed by atoms with E-state index in [1.165, 1.54) is 6.07 Å². The van der Waals surface area contributed by atoms with Gasteiger partial charge < -0.3 is 5.73 Å². The fourth-order valence-corrected chi connectivity index (χ4v) is 2.11. The molecule has 100 valence electrons. The Labute approximate surface area is 115 Å². The van der Waals surface area contributed by atoms with Crippen LogP contribution in [0.25, 0.3) is 16.9 Å². The Balaban J connectivity index is 2.15. The molecule has 0 amide bonds. The maximum absolute atomic E-state index is 13.7. The smallest absolute Gasteiger partial charge is 0.128 e. The maximum atomic E-state index is 13.7. The predicted octanol–water partition coefficient (Wildman–Crippen LogP) is 2.96. The van der Waals surface area contributed by atoms with E-state index in [-0.39, 0.29) is 5.82 Å². The first-order valence-electron chi connectivity index (χ1n) is 6.16. The molecule has 2 aromatic heterocycles. The summed E-state index contributed by atoms with van der Waals surface area (Å²) in [6.45, 7) is 1.75. The van der Waals surface area contributed by atoms with E-state index in [4.69, 9.17) is 5.73 Å². The van der Waals surface area contributed by atoms with Gasteiger partial charge in [-0.3, -0.25) is 4.57 Å². The van der Waals surface area contributed by atoms with Crippen molar-refractivity contribution in [3.63, 3.8) is 0 Å². The van der Waals surface area contributed by atoms with Crippen molar-refractivity contribution in [2.75, 3.05) is 5.73 Å². The SMILES string of the molecule is Cc1c(F)cccc1-n1cncc1-c1ccc(N)nc1. The van der Waals surface area contributed by atoms with E-state index in [1.807, 2.05) is 16.7 Å². The molecular formula is C15H13FN4. The van der Waals surface area contributed by atoms with Crippen molar-refractivity contribution >= 4 is 5.82 Å². The summed E-state index contributed by atoms with van der Waals surface area (Å²) in [6, 6.07) is 8.58. The van der Waals surface area contributed by atoms with Crippen molar-refractivity contribution in [1.29, 1.82) is 0 Å². The number of rotatable bonds is 2. The van der Waals surface area contributed by atoms with Gasteiger partial charge in [-0.15, -0.1) is 0 Å². The topological polar surface area (TPSA) is 56.7 Å². The third kappa shape index (κ3) is 2.03. The molecule has 20 heavy (non-hydrogen) atoms. The number of imidazole rings is 1. The molecule has 5 heteroatoms. The lowest BCUT2D eigenvalue weighted by atomic mass is 10.1. The van der Waals surface area contributed by atoms with Crippen LogP contribution in [0.5, 0.6) is 0 Å². The van der Waals surface area contributed by atoms with Gasteiger partial charge in [0.05, 0.1) is 23.9 Å². The van der Waals surface area contributed by atoms with Crippen LogP contribution in [0, 0.1) is 12.7 Å². The molecule has 0 aliphatic heterocycles. The summed E-state index contributed by atoms with van der Waals surface area (Å²) < 4.78 is 15.5. The monoisotopic (exact) mass is 268 g/mol. The minimum Gasteiger partial charge on any atom is -0.384 e. The summed E-state index contributed by atoms with van der Waals surface area (Å²) in [5.41, 5.74) is 8.64. The molecular weight excluding hydrogens is 255 g/mol. The number of pyridine rings is 1. The highest BCUT2D eigenvalue weighted by Gasteiger charge is 2.11. The van der Waals surface area contributed by atoms with Crippen LogP contribution in [-0.2, 0) is 0 Å². The summed E-state index contributed by atoms with van der Waals surface area (Å²) in [4.78, 5) is 8.22. The Bertz CT molecular complexity index is 747. The second-order valence-electron chi connectivity index (χ2n) is 4.50. The van der Waals surface area contributed by atoms with Gasteiger partial charge >= 0.3 is 0 Å². The Morgan fingerprint density at radius 1 is 1.15 bits per heavy atom. The Hall–Kier alpha value is -2.69. The highest BCUT2D eigenvalue weighted by molar-refractivity contribution is 5.62. The lowest BCUT2D eigenvalue weighted by Crippen LogP contribution is -2.00. The molecule has 0 aliphatic rings. The third-order valence-corrected chi connectivity index (χ3v) is 3.22. The first-order chi connectivity index (χ1) is 9.66. The fraction of sp³-hybridized carbons (Fsp3) is 0.0667. The summed E-state index contributed by atoms with van der Waals surface area (Å²) in [7, 11) is 0. The number of nitrogens with zero attached hydrogens (tertiary/aromatic N) is 3. The first-order valence-corrected chi connectivity index (χ1v) is 6.16. The Kier molecular flexibility index (Phi) is 2.95. The van der Waals surface area contributed by atoms with Crippen LogP contribution in [0.1, 0.15) is 5.56 Å². The molecule has 2 heterocycles. The first kappa shape index (κ1) is 12.3. The normalized spacial score (nSPS) is 10.7. The number of benzene rings is 1. The third-order valence-electron chi connectivity index (χ3n) is 3.22. The number of hydrogen-bond donors (Lipinski definition) is 1. The second-order valence-corrected chi connectivity index (χ2v) is 4.50. The maximum Gasteiger partial charge on any atom is 0.128 e. The van der Waals surface area contributed by atoms with Gasteiger partial charge in [0.15, 0.2) is 0 Å². The number of halogens is 1. The largest absolute Gasteiger partial charge is 0.384 e. The Morgan fingerprint density at radius 3 is 2.75 bits per heavy atom. The van der Waals surface area contributed by atoms with Gasteiger partial charge in [-0.05, 0) is 31.2 Å². The molecule has 0 aliphatic carbocycles. The quantitative estimate of drug-likeness (QED) is 0.777. The molecule has 0 fully saturated rings. The van der Waals surface area contributed by atoms with Crippen molar-refractivity contribution in [2.45, 2.75) is 6.92 Å². The molecule has 0 saturated heterocycles. The van der Waals surface area contributed by atoms with E-state index in [1.54, 1.807) is 37.8 Å².